The molecular formula is C41H40F3N3O4S. The highest BCUT2D eigenvalue weighted by Gasteiger charge is 2.57. The fourth-order valence-electron chi connectivity index (χ4n) is 6.29. The number of rotatable bonds is 17. The lowest BCUT2D eigenvalue weighted by molar-refractivity contribution is -0.250. The van der Waals surface area contributed by atoms with Gasteiger partial charge in [-0.2, -0.15) is 0 Å². The molecule has 1 fully saturated rings. The summed E-state index contributed by atoms with van der Waals surface area (Å²) >= 11 is 1.52. The van der Waals surface area contributed by atoms with Crippen molar-refractivity contribution >= 4 is 11.8 Å². The maximum Gasteiger partial charge on any atom is 0.194 e. The second kappa shape index (κ2) is 17.8. The number of thioether (sulfide) groups is 1. The van der Waals surface area contributed by atoms with Gasteiger partial charge in [0.1, 0.15) is 35.0 Å². The van der Waals surface area contributed by atoms with Crippen molar-refractivity contribution in [1.29, 1.82) is 0 Å². The number of hydrogen-bond donors (Lipinski definition) is 0. The molecule has 1 saturated heterocycles. The van der Waals surface area contributed by atoms with Crippen LogP contribution in [-0.4, -0.2) is 50.6 Å². The normalized spacial score (nSPS) is 21.5. The summed E-state index contributed by atoms with van der Waals surface area (Å²) in [6.07, 6.45) is 3.41. The monoisotopic (exact) mass is 727 g/mol. The van der Waals surface area contributed by atoms with Crippen molar-refractivity contribution in [1.82, 2.24) is 15.0 Å². The molecule has 0 unspecified atom stereocenters. The van der Waals surface area contributed by atoms with Crippen molar-refractivity contribution in [2.75, 3.05) is 12.4 Å². The molecule has 1 aliphatic rings. The van der Waals surface area contributed by atoms with Crippen LogP contribution >= 0.6 is 11.8 Å². The Morgan fingerprint density at radius 2 is 1.37 bits per heavy atom. The van der Waals surface area contributed by atoms with Crippen LogP contribution < -0.4 is 0 Å². The minimum Gasteiger partial charge on any atom is -0.374 e. The highest BCUT2D eigenvalue weighted by molar-refractivity contribution is 8.00. The molecular weight excluding hydrogens is 688 g/mol. The van der Waals surface area contributed by atoms with Gasteiger partial charge in [-0.25, -0.2) is 17.9 Å². The number of aromatic nitrogens is 3. The largest absolute Gasteiger partial charge is 0.374 e. The highest BCUT2D eigenvalue weighted by atomic mass is 32.2. The van der Waals surface area contributed by atoms with E-state index in [-0.39, 0.29) is 31.1 Å². The summed E-state index contributed by atoms with van der Waals surface area (Å²) in [5.74, 6) is -3.69. The van der Waals surface area contributed by atoms with Gasteiger partial charge in [0.25, 0.3) is 0 Å². The smallest absolute Gasteiger partial charge is 0.194 e. The van der Waals surface area contributed by atoms with Gasteiger partial charge in [0.2, 0.25) is 0 Å². The topological polar surface area (TPSA) is 67.6 Å². The average molecular weight is 728 g/mol. The van der Waals surface area contributed by atoms with Crippen LogP contribution in [0.25, 0.3) is 11.3 Å². The van der Waals surface area contributed by atoms with E-state index in [4.69, 9.17) is 18.9 Å². The summed E-state index contributed by atoms with van der Waals surface area (Å²) in [5.41, 5.74) is 3.04. The molecule has 4 aromatic carbocycles. The summed E-state index contributed by atoms with van der Waals surface area (Å²) in [6.45, 7) is 8.99. The van der Waals surface area contributed by atoms with Crippen LogP contribution in [0.5, 0.6) is 0 Å². The zero-order valence-electron chi connectivity index (χ0n) is 28.5. The maximum atomic E-state index is 14.4. The number of benzene rings is 4. The lowest BCUT2D eigenvalue weighted by atomic mass is 9.89. The summed E-state index contributed by atoms with van der Waals surface area (Å²) in [6, 6.07) is 30.4. The van der Waals surface area contributed by atoms with Gasteiger partial charge in [-0.05, 0) is 28.8 Å². The quantitative estimate of drug-likeness (QED) is 0.0701. The molecule has 0 bridgehead atoms. The fourth-order valence-corrected chi connectivity index (χ4v) is 7.48. The van der Waals surface area contributed by atoms with Crippen LogP contribution in [0.1, 0.15) is 29.2 Å². The fraction of sp³-hybridized carbons (Fsp3) is 0.268. The summed E-state index contributed by atoms with van der Waals surface area (Å²) in [7, 11) is 0. The third-order valence-electron chi connectivity index (χ3n) is 8.72. The third kappa shape index (κ3) is 8.91. The first-order chi connectivity index (χ1) is 25.4. The molecule has 52 heavy (non-hydrogen) atoms. The Hall–Kier alpha value is -4.52. The van der Waals surface area contributed by atoms with Crippen molar-refractivity contribution in [2.24, 2.45) is 0 Å². The van der Waals surface area contributed by atoms with Gasteiger partial charge in [-0.15, -0.1) is 30.0 Å². The number of hydrogen-bond acceptors (Lipinski definition) is 7. The van der Waals surface area contributed by atoms with Crippen LogP contribution in [0, 0.1) is 17.5 Å². The standard InChI is InChI=1S/C41H40F3N3O4S/c1-3-20-41(52-21-4-2)40(50-27-31-18-12-7-13-19-31)38(47-24-35(45-46-47)32-22-33(42)37(44)34(43)23-32)39(49-26-30-16-10-6-11-17-30)36(51-41)28-48-25-29-14-8-5-9-15-29/h3-19,22-24,36,38-40H,1-2,20-21,25-28H2/t36-,38+,39+,40-,41-/m1/s1. The molecule has 6 rings (SSSR count). The van der Waals surface area contributed by atoms with E-state index in [1.54, 1.807) is 23.0 Å². The zero-order valence-corrected chi connectivity index (χ0v) is 29.3. The third-order valence-corrected chi connectivity index (χ3v) is 10.1. The Balaban J connectivity index is 1.45. The molecule has 0 saturated carbocycles. The first kappa shape index (κ1) is 37.2. The molecule has 0 radical (unpaired) electrons. The molecule has 1 aromatic heterocycles. The molecule has 270 valence electrons. The molecule has 0 aliphatic carbocycles. The van der Waals surface area contributed by atoms with Gasteiger partial charge in [-0.1, -0.05) is 108 Å². The molecule has 5 aromatic rings. The van der Waals surface area contributed by atoms with E-state index >= 15 is 0 Å². The van der Waals surface area contributed by atoms with Gasteiger partial charge in [0.15, 0.2) is 17.5 Å². The minimum atomic E-state index is -1.56. The number of ether oxygens (including phenoxy) is 4. The molecule has 5 atom stereocenters. The van der Waals surface area contributed by atoms with E-state index in [0.717, 1.165) is 28.8 Å². The van der Waals surface area contributed by atoms with Gasteiger partial charge < -0.3 is 18.9 Å². The van der Waals surface area contributed by atoms with Crippen LogP contribution in [0.4, 0.5) is 13.2 Å². The minimum absolute atomic E-state index is 0.0272. The predicted molar refractivity (Wildman–Crippen MR) is 196 cm³/mol. The van der Waals surface area contributed by atoms with Gasteiger partial charge >= 0.3 is 0 Å². The lowest BCUT2D eigenvalue weighted by Crippen LogP contribution is -2.63. The Morgan fingerprint density at radius 3 is 1.94 bits per heavy atom. The van der Waals surface area contributed by atoms with Crippen molar-refractivity contribution in [3.05, 3.63) is 169 Å². The molecule has 1 aliphatic heterocycles. The van der Waals surface area contributed by atoms with Crippen LogP contribution in [-0.2, 0) is 38.8 Å². The maximum absolute atomic E-state index is 14.4. The van der Waals surface area contributed by atoms with E-state index < -0.39 is 46.7 Å². The van der Waals surface area contributed by atoms with Crippen LogP contribution in [0.3, 0.4) is 0 Å². The van der Waals surface area contributed by atoms with Gasteiger partial charge in [0, 0.05) is 17.7 Å². The van der Waals surface area contributed by atoms with Crippen molar-refractivity contribution in [3.8, 4) is 11.3 Å². The Bertz CT molecular complexity index is 1880. The molecule has 11 heteroatoms. The zero-order chi connectivity index (χ0) is 36.3. The predicted octanol–water partition coefficient (Wildman–Crippen LogP) is 8.88. The molecule has 2 heterocycles. The Morgan fingerprint density at radius 1 is 0.788 bits per heavy atom. The van der Waals surface area contributed by atoms with E-state index in [9.17, 15) is 13.2 Å². The second-order valence-electron chi connectivity index (χ2n) is 12.4. The molecule has 0 amide bonds. The lowest BCUT2D eigenvalue weighted by Gasteiger charge is -2.52. The molecule has 0 spiro atoms. The summed E-state index contributed by atoms with van der Waals surface area (Å²) in [5, 5.41) is 8.79. The first-order valence-corrected chi connectivity index (χ1v) is 17.9. The van der Waals surface area contributed by atoms with Crippen LogP contribution in [0.15, 0.2) is 135 Å². The van der Waals surface area contributed by atoms with E-state index in [1.165, 1.54) is 11.8 Å². The number of halogens is 3. The van der Waals surface area contributed by atoms with Crippen molar-refractivity contribution in [3.63, 3.8) is 0 Å². The average Bonchev–Trinajstić information content (AvgIpc) is 3.66. The van der Waals surface area contributed by atoms with E-state index in [1.807, 2.05) is 91.0 Å². The SMILES string of the molecule is C=CCS[C@@]1(CC=C)O[C@H](COCc2ccccc2)[C@H](OCc2ccccc2)[C@H](n2cc(-c3cc(F)c(F)c(F)c3)nn2)[C@H]1OCc1ccccc1. The molecule has 7 nitrogen and oxygen atoms in total. The first-order valence-electron chi connectivity index (χ1n) is 16.9. The summed E-state index contributed by atoms with van der Waals surface area (Å²) in [4.78, 5) is -1.04. The second-order valence-corrected chi connectivity index (χ2v) is 13.7. The van der Waals surface area contributed by atoms with Gasteiger partial charge in [0.05, 0.1) is 32.6 Å². The van der Waals surface area contributed by atoms with Crippen molar-refractivity contribution in [2.45, 2.75) is 55.5 Å². The highest BCUT2D eigenvalue weighted by Crippen LogP contribution is 2.49. The Kier molecular flexibility index (Phi) is 12.8. The number of nitrogens with zero attached hydrogens (tertiary/aromatic N) is 3. The van der Waals surface area contributed by atoms with Crippen molar-refractivity contribution < 1.29 is 32.1 Å². The van der Waals surface area contributed by atoms with Gasteiger partial charge in [-0.3, -0.25) is 0 Å². The summed E-state index contributed by atoms with van der Waals surface area (Å²) < 4.78 is 71.3. The van der Waals surface area contributed by atoms with Crippen LogP contribution in [0.2, 0.25) is 0 Å². The van der Waals surface area contributed by atoms with E-state index in [0.29, 0.717) is 18.8 Å². The Labute approximate surface area is 306 Å². The molecule has 0 N–H and O–H groups in total. The van der Waals surface area contributed by atoms with E-state index in [2.05, 4.69) is 23.5 Å².